The second-order valence-electron chi connectivity index (χ2n) is 7.86. The summed E-state index contributed by atoms with van der Waals surface area (Å²) < 4.78 is 5.28. The van der Waals surface area contributed by atoms with E-state index in [1.807, 2.05) is 0 Å². The van der Waals surface area contributed by atoms with E-state index >= 15 is 0 Å². The van der Waals surface area contributed by atoms with Gasteiger partial charge in [-0.25, -0.2) is 0 Å². The molecule has 0 aromatic rings. The SMILES string of the molecule is CCCCCCCCCCC/C=C/CCOC(=O)C1CCCCC1C(=O)[O-].[Na+]. The Labute approximate surface area is 194 Å². The van der Waals surface area contributed by atoms with Crippen LogP contribution in [0.4, 0.5) is 0 Å². The van der Waals surface area contributed by atoms with E-state index in [0.29, 0.717) is 25.9 Å². The number of carboxylic acid groups (broad SMARTS) is 1. The first-order valence-electron chi connectivity index (χ1n) is 11.2. The van der Waals surface area contributed by atoms with Crippen LogP contribution in [0.5, 0.6) is 0 Å². The number of hydrogen-bond acceptors (Lipinski definition) is 4. The fourth-order valence-corrected chi connectivity index (χ4v) is 3.84. The molecule has 0 aromatic heterocycles. The van der Waals surface area contributed by atoms with Crippen LogP contribution in [-0.2, 0) is 14.3 Å². The summed E-state index contributed by atoms with van der Waals surface area (Å²) in [7, 11) is 0. The second kappa shape index (κ2) is 18.7. The average Bonchev–Trinajstić information content (AvgIpc) is 2.68. The molecule has 0 radical (unpaired) electrons. The molecular formula is C23H39NaO4. The fraction of sp³-hybridized carbons (Fsp3) is 0.826. The number of ether oxygens (including phenoxy) is 1. The molecule has 4 nitrogen and oxygen atoms in total. The van der Waals surface area contributed by atoms with Gasteiger partial charge in [0, 0.05) is 11.9 Å². The van der Waals surface area contributed by atoms with Gasteiger partial charge in [-0.15, -0.1) is 0 Å². The maximum Gasteiger partial charge on any atom is 1.00 e. The summed E-state index contributed by atoms with van der Waals surface area (Å²) in [6.07, 6.45) is 20.9. The van der Waals surface area contributed by atoms with Crippen LogP contribution in [-0.4, -0.2) is 18.5 Å². The van der Waals surface area contributed by atoms with Crippen molar-refractivity contribution in [1.29, 1.82) is 0 Å². The summed E-state index contributed by atoms with van der Waals surface area (Å²) in [5.74, 6) is -2.67. The molecule has 1 aliphatic rings. The topological polar surface area (TPSA) is 66.4 Å². The summed E-state index contributed by atoms with van der Waals surface area (Å²) in [6, 6.07) is 0. The van der Waals surface area contributed by atoms with Gasteiger partial charge in [0.2, 0.25) is 0 Å². The number of aliphatic carboxylic acids is 1. The Bertz CT molecular complexity index is 436. The van der Waals surface area contributed by atoms with E-state index < -0.39 is 17.8 Å². The molecule has 0 aliphatic heterocycles. The second-order valence-corrected chi connectivity index (χ2v) is 7.86. The van der Waals surface area contributed by atoms with Crippen LogP contribution in [0.1, 0.15) is 103 Å². The molecule has 1 saturated carbocycles. The van der Waals surface area contributed by atoms with Gasteiger partial charge in [-0.3, -0.25) is 4.79 Å². The summed E-state index contributed by atoms with van der Waals surface area (Å²) in [6.45, 7) is 2.59. The minimum atomic E-state index is -1.11. The van der Waals surface area contributed by atoms with Crippen molar-refractivity contribution in [2.75, 3.05) is 6.61 Å². The van der Waals surface area contributed by atoms with Crippen LogP contribution < -0.4 is 34.7 Å². The summed E-state index contributed by atoms with van der Waals surface area (Å²) in [5, 5.41) is 11.1. The van der Waals surface area contributed by atoms with E-state index in [0.717, 1.165) is 19.3 Å². The van der Waals surface area contributed by atoms with Gasteiger partial charge in [-0.05, 0) is 32.1 Å². The standard InChI is InChI=1S/C23H40O4.Na/c1-2-3-4-5-6-7-8-9-10-11-12-13-16-19-27-23(26)21-18-15-14-17-20(21)22(24)25;/h12-13,20-21H,2-11,14-19H2,1H3,(H,24,25);/q;+1/p-1/b13-12+;. The van der Waals surface area contributed by atoms with Gasteiger partial charge in [0.1, 0.15) is 0 Å². The molecule has 156 valence electrons. The molecule has 0 bridgehead atoms. The predicted molar refractivity (Wildman–Crippen MR) is 107 cm³/mol. The van der Waals surface area contributed by atoms with E-state index in [1.54, 1.807) is 0 Å². The van der Waals surface area contributed by atoms with Crippen molar-refractivity contribution in [2.24, 2.45) is 11.8 Å². The molecule has 1 fully saturated rings. The molecule has 0 saturated heterocycles. The Hall–Kier alpha value is -0.320. The number of esters is 1. The van der Waals surface area contributed by atoms with Crippen molar-refractivity contribution in [1.82, 2.24) is 0 Å². The van der Waals surface area contributed by atoms with E-state index in [9.17, 15) is 14.7 Å². The van der Waals surface area contributed by atoms with E-state index in [2.05, 4.69) is 19.1 Å². The number of carbonyl (C=O) groups is 2. The maximum atomic E-state index is 12.1. The van der Waals surface area contributed by atoms with E-state index in [1.165, 1.54) is 57.8 Å². The Morgan fingerprint density at radius 3 is 2.00 bits per heavy atom. The van der Waals surface area contributed by atoms with Crippen molar-refractivity contribution in [2.45, 2.75) is 103 Å². The number of allylic oxidation sites excluding steroid dienone is 1. The third kappa shape index (κ3) is 13.0. The molecule has 1 aliphatic carbocycles. The van der Waals surface area contributed by atoms with Crippen LogP contribution in [0, 0.1) is 11.8 Å². The fourth-order valence-electron chi connectivity index (χ4n) is 3.84. The predicted octanol–water partition coefficient (Wildman–Crippen LogP) is 1.96. The zero-order valence-electron chi connectivity index (χ0n) is 18.3. The van der Waals surface area contributed by atoms with Crippen LogP contribution in [0.15, 0.2) is 12.2 Å². The third-order valence-electron chi connectivity index (χ3n) is 5.54. The molecular weight excluding hydrogens is 363 g/mol. The van der Waals surface area contributed by atoms with E-state index in [4.69, 9.17) is 4.74 Å². The van der Waals surface area contributed by atoms with E-state index in [-0.39, 0.29) is 35.5 Å². The molecule has 0 spiro atoms. The molecule has 0 aromatic carbocycles. The van der Waals surface area contributed by atoms with Crippen molar-refractivity contribution < 1.29 is 49.0 Å². The van der Waals surface area contributed by atoms with Crippen LogP contribution in [0.3, 0.4) is 0 Å². The third-order valence-corrected chi connectivity index (χ3v) is 5.54. The number of unbranched alkanes of at least 4 members (excludes halogenated alkanes) is 9. The molecule has 0 amide bonds. The Morgan fingerprint density at radius 1 is 0.857 bits per heavy atom. The number of carboxylic acids is 1. The first kappa shape index (κ1) is 27.7. The minimum absolute atomic E-state index is 0. The smallest absolute Gasteiger partial charge is 0.550 e. The van der Waals surface area contributed by atoms with Crippen molar-refractivity contribution in [3.8, 4) is 0 Å². The van der Waals surface area contributed by atoms with Gasteiger partial charge in [0.25, 0.3) is 0 Å². The summed E-state index contributed by atoms with van der Waals surface area (Å²) >= 11 is 0. The first-order valence-corrected chi connectivity index (χ1v) is 11.2. The van der Waals surface area contributed by atoms with Crippen LogP contribution >= 0.6 is 0 Å². The van der Waals surface area contributed by atoms with Crippen LogP contribution in [0.2, 0.25) is 0 Å². The molecule has 5 heteroatoms. The van der Waals surface area contributed by atoms with Crippen molar-refractivity contribution in [3.63, 3.8) is 0 Å². The first-order chi connectivity index (χ1) is 13.2. The van der Waals surface area contributed by atoms with Gasteiger partial charge >= 0.3 is 35.5 Å². The molecule has 0 N–H and O–H groups in total. The summed E-state index contributed by atoms with van der Waals surface area (Å²) in [4.78, 5) is 23.2. The van der Waals surface area contributed by atoms with Crippen molar-refractivity contribution in [3.05, 3.63) is 12.2 Å². The summed E-state index contributed by atoms with van der Waals surface area (Å²) in [5.41, 5.74) is 0. The molecule has 2 atom stereocenters. The molecule has 28 heavy (non-hydrogen) atoms. The quantitative estimate of drug-likeness (QED) is 0.182. The zero-order chi connectivity index (χ0) is 19.7. The average molecular weight is 403 g/mol. The molecule has 0 heterocycles. The van der Waals surface area contributed by atoms with Gasteiger partial charge in [0.05, 0.1) is 12.5 Å². The van der Waals surface area contributed by atoms with Crippen molar-refractivity contribution >= 4 is 11.9 Å². The van der Waals surface area contributed by atoms with Gasteiger partial charge < -0.3 is 14.6 Å². The Balaban J connectivity index is 0.00000729. The number of rotatable bonds is 15. The number of carbonyl (C=O) groups excluding carboxylic acids is 2. The molecule has 2 unspecified atom stereocenters. The van der Waals surface area contributed by atoms with Crippen LogP contribution in [0.25, 0.3) is 0 Å². The largest absolute Gasteiger partial charge is 1.00 e. The van der Waals surface area contributed by atoms with Gasteiger partial charge in [0.15, 0.2) is 0 Å². The van der Waals surface area contributed by atoms with Gasteiger partial charge in [-0.2, -0.15) is 0 Å². The zero-order valence-corrected chi connectivity index (χ0v) is 20.3. The maximum absolute atomic E-state index is 12.1. The Kier molecular flexibility index (Phi) is 18.5. The van der Waals surface area contributed by atoms with Gasteiger partial charge in [-0.1, -0.05) is 83.3 Å². The normalized spacial score (nSPS) is 19.3. The molecule has 1 rings (SSSR count). The Morgan fingerprint density at radius 2 is 1.39 bits per heavy atom. The monoisotopic (exact) mass is 402 g/mol. The minimum Gasteiger partial charge on any atom is -0.550 e. The number of hydrogen-bond donors (Lipinski definition) is 0.